The van der Waals surface area contributed by atoms with Gasteiger partial charge in [-0.2, -0.15) is 0 Å². The first-order chi connectivity index (χ1) is 10.3. The minimum Gasteiger partial charge on any atom is -0.432 e. The molecule has 1 N–H and O–H groups in total. The molecule has 1 aromatic carbocycles. The Morgan fingerprint density at radius 1 is 1.14 bits per heavy atom. The Bertz CT molecular complexity index is 714. The predicted octanol–water partition coefficient (Wildman–Crippen LogP) is 3.47. The van der Waals surface area contributed by atoms with Crippen LogP contribution in [0.5, 0.6) is 5.75 Å². The Morgan fingerprint density at radius 2 is 1.77 bits per heavy atom. The van der Waals surface area contributed by atoms with Gasteiger partial charge in [-0.3, -0.25) is 9.69 Å². The van der Waals surface area contributed by atoms with Crippen LogP contribution in [0.1, 0.15) is 26.3 Å². The molecular weight excluding hydrogens is 296 g/mol. The molecule has 0 aliphatic rings. The van der Waals surface area contributed by atoms with Crippen molar-refractivity contribution in [1.82, 2.24) is 4.98 Å². The van der Waals surface area contributed by atoms with Crippen LogP contribution >= 0.6 is 12.2 Å². The van der Waals surface area contributed by atoms with Crippen LogP contribution in [0.15, 0.2) is 47.3 Å². The third-order valence-electron chi connectivity index (χ3n) is 3.31. The Balaban J connectivity index is 2.10. The number of nitrogens with zero attached hydrogens (tertiary/aromatic N) is 1. The first kappa shape index (κ1) is 16.2. The van der Waals surface area contributed by atoms with Gasteiger partial charge in [0, 0.05) is 13.1 Å². The van der Waals surface area contributed by atoms with E-state index in [1.807, 2.05) is 24.3 Å². The molecule has 1 heterocycles. The van der Waals surface area contributed by atoms with E-state index < -0.39 is 0 Å². The molecular formula is C17H20N2O2S. The summed E-state index contributed by atoms with van der Waals surface area (Å²) < 4.78 is 5.67. The highest BCUT2D eigenvalue weighted by molar-refractivity contribution is 7.80. The van der Waals surface area contributed by atoms with E-state index in [0.717, 1.165) is 0 Å². The molecule has 1 aromatic heterocycles. The van der Waals surface area contributed by atoms with Gasteiger partial charge in [-0.15, -0.1) is 0 Å². The van der Waals surface area contributed by atoms with Gasteiger partial charge in [0.1, 0.15) is 11.6 Å². The summed E-state index contributed by atoms with van der Waals surface area (Å²) in [5.74, 6) is 1.26. The van der Waals surface area contributed by atoms with Crippen LogP contribution in [0.25, 0.3) is 0 Å². The number of benzene rings is 1. The standard InChI is InChI=1S/C17H20N2O2S/c1-17(2,3)12-8-10-13(11-9-12)21-16(22)19(4)14-6-5-7-15(20)18-14/h5-11H,1-4H3,(H,18,20). The van der Waals surface area contributed by atoms with E-state index >= 15 is 0 Å². The molecule has 116 valence electrons. The van der Waals surface area contributed by atoms with Gasteiger partial charge in [-0.05, 0) is 41.4 Å². The highest BCUT2D eigenvalue weighted by Gasteiger charge is 2.14. The van der Waals surface area contributed by atoms with Crippen LogP contribution in [-0.2, 0) is 5.41 Å². The number of anilines is 1. The van der Waals surface area contributed by atoms with Crippen LogP contribution in [0.4, 0.5) is 5.82 Å². The molecule has 4 nitrogen and oxygen atoms in total. The third kappa shape index (κ3) is 3.95. The van der Waals surface area contributed by atoms with Gasteiger partial charge in [0.25, 0.3) is 5.17 Å². The lowest BCUT2D eigenvalue weighted by Gasteiger charge is -2.21. The Kier molecular flexibility index (Phi) is 4.66. The van der Waals surface area contributed by atoms with Crippen molar-refractivity contribution >= 4 is 23.2 Å². The summed E-state index contributed by atoms with van der Waals surface area (Å²) in [5.41, 5.74) is 1.15. The van der Waals surface area contributed by atoms with Crippen molar-refractivity contribution in [2.45, 2.75) is 26.2 Å². The lowest BCUT2D eigenvalue weighted by atomic mass is 9.87. The monoisotopic (exact) mass is 316 g/mol. The number of pyridine rings is 1. The summed E-state index contributed by atoms with van der Waals surface area (Å²) >= 11 is 5.27. The molecule has 0 atom stereocenters. The fourth-order valence-electron chi connectivity index (χ4n) is 1.92. The topological polar surface area (TPSA) is 45.3 Å². The van der Waals surface area contributed by atoms with Crippen LogP contribution < -0.4 is 15.2 Å². The predicted molar refractivity (Wildman–Crippen MR) is 93.8 cm³/mol. The second kappa shape index (κ2) is 6.32. The number of nitrogens with one attached hydrogen (secondary N) is 1. The largest absolute Gasteiger partial charge is 0.432 e. The zero-order valence-corrected chi connectivity index (χ0v) is 14.0. The number of aromatic nitrogens is 1. The number of hydrogen-bond acceptors (Lipinski definition) is 3. The van der Waals surface area contributed by atoms with Crippen LogP contribution in [0.2, 0.25) is 0 Å². The highest BCUT2D eigenvalue weighted by atomic mass is 32.1. The van der Waals surface area contributed by atoms with Gasteiger partial charge >= 0.3 is 0 Å². The van der Waals surface area contributed by atoms with Crippen molar-refractivity contribution in [3.8, 4) is 5.75 Å². The number of ether oxygens (including phenoxy) is 1. The molecule has 0 amide bonds. The van der Waals surface area contributed by atoms with Crippen LogP contribution in [0.3, 0.4) is 0 Å². The van der Waals surface area contributed by atoms with Crippen LogP contribution in [0, 0.1) is 0 Å². The summed E-state index contributed by atoms with van der Waals surface area (Å²) in [7, 11) is 1.75. The Labute approximate surface area is 135 Å². The van der Waals surface area contributed by atoms with E-state index in [0.29, 0.717) is 11.6 Å². The van der Waals surface area contributed by atoms with Crippen LogP contribution in [-0.4, -0.2) is 17.2 Å². The molecule has 0 unspecified atom stereocenters. The first-order valence-electron chi connectivity index (χ1n) is 7.03. The molecule has 0 saturated heterocycles. The molecule has 0 fully saturated rings. The second-order valence-corrected chi connectivity index (χ2v) is 6.45. The SMILES string of the molecule is CN(C(=S)Oc1ccc(C(C)(C)C)cc1)c1cccc(=O)[nH]1. The van der Waals surface area contributed by atoms with Gasteiger partial charge < -0.3 is 9.72 Å². The van der Waals surface area contributed by atoms with Gasteiger partial charge in [0.15, 0.2) is 0 Å². The summed E-state index contributed by atoms with van der Waals surface area (Å²) in [6.07, 6.45) is 0. The first-order valence-corrected chi connectivity index (χ1v) is 7.43. The third-order valence-corrected chi connectivity index (χ3v) is 3.67. The summed E-state index contributed by atoms with van der Waals surface area (Å²) in [6, 6.07) is 12.7. The molecule has 0 aliphatic carbocycles. The zero-order chi connectivity index (χ0) is 16.3. The maximum Gasteiger partial charge on any atom is 0.270 e. The van der Waals surface area contributed by atoms with Crippen molar-refractivity contribution in [1.29, 1.82) is 0 Å². The summed E-state index contributed by atoms with van der Waals surface area (Å²) in [4.78, 5) is 15.7. The van der Waals surface area contributed by atoms with Crippen molar-refractivity contribution in [3.05, 3.63) is 58.4 Å². The lowest BCUT2D eigenvalue weighted by Crippen LogP contribution is -2.31. The molecule has 2 rings (SSSR count). The normalized spacial score (nSPS) is 11.1. The molecule has 0 radical (unpaired) electrons. The van der Waals surface area contributed by atoms with E-state index in [1.54, 1.807) is 24.1 Å². The zero-order valence-electron chi connectivity index (χ0n) is 13.2. The number of hydrogen-bond donors (Lipinski definition) is 1. The van der Waals surface area contributed by atoms with Crippen molar-refractivity contribution in [2.75, 3.05) is 11.9 Å². The van der Waals surface area contributed by atoms with E-state index in [2.05, 4.69) is 25.8 Å². The molecule has 2 aromatic rings. The average molecular weight is 316 g/mol. The molecule has 0 aliphatic heterocycles. The fraction of sp³-hybridized carbons (Fsp3) is 0.294. The van der Waals surface area contributed by atoms with Gasteiger partial charge in [0.05, 0.1) is 0 Å². The average Bonchev–Trinajstić information content (AvgIpc) is 2.46. The summed E-state index contributed by atoms with van der Waals surface area (Å²) in [5, 5.41) is 0.269. The molecule has 0 saturated carbocycles. The Morgan fingerprint density at radius 3 is 2.32 bits per heavy atom. The lowest BCUT2D eigenvalue weighted by molar-refractivity contribution is 0.547. The fourth-order valence-corrected chi connectivity index (χ4v) is 2.12. The van der Waals surface area contributed by atoms with E-state index in [1.165, 1.54) is 11.6 Å². The van der Waals surface area contributed by atoms with Crippen molar-refractivity contribution in [2.24, 2.45) is 0 Å². The Hall–Kier alpha value is -2.14. The molecule has 22 heavy (non-hydrogen) atoms. The minimum atomic E-state index is -0.179. The maximum atomic E-state index is 11.3. The maximum absolute atomic E-state index is 11.3. The quantitative estimate of drug-likeness (QED) is 0.862. The van der Waals surface area contributed by atoms with Crippen molar-refractivity contribution < 1.29 is 4.74 Å². The van der Waals surface area contributed by atoms with E-state index in [9.17, 15) is 4.79 Å². The number of H-pyrrole nitrogens is 1. The number of rotatable bonds is 2. The highest BCUT2D eigenvalue weighted by Crippen LogP contribution is 2.24. The molecule has 5 heteroatoms. The number of aromatic amines is 1. The van der Waals surface area contributed by atoms with Crippen molar-refractivity contribution in [3.63, 3.8) is 0 Å². The van der Waals surface area contributed by atoms with E-state index in [-0.39, 0.29) is 16.1 Å². The van der Waals surface area contributed by atoms with Gasteiger partial charge in [-0.25, -0.2) is 0 Å². The minimum absolute atomic E-state index is 0.0966. The van der Waals surface area contributed by atoms with E-state index in [4.69, 9.17) is 17.0 Å². The second-order valence-electron chi connectivity index (χ2n) is 6.10. The van der Waals surface area contributed by atoms with Gasteiger partial charge in [-0.1, -0.05) is 39.0 Å². The number of thiocarbonyl (C=S) groups is 1. The molecule has 0 spiro atoms. The smallest absolute Gasteiger partial charge is 0.270 e. The summed E-state index contributed by atoms with van der Waals surface area (Å²) in [6.45, 7) is 6.48. The van der Waals surface area contributed by atoms with Gasteiger partial charge in [0.2, 0.25) is 5.56 Å². The molecule has 0 bridgehead atoms.